The maximum atomic E-state index is 12.7. The van der Waals surface area contributed by atoms with Crippen LogP contribution in [0, 0.1) is 19.8 Å². The van der Waals surface area contributed by atoms with E-state index in [0.29, 0.717) is 23.0 Å². The lowest BCUT2D eigenvalue weighted by molar-refractivity contribution is -0.122. The van der Waals surface area contributed by atoms with E-state index in [1.54, 1.807) is 23.1 Å². The van der Waals surface area contributed by atoms with Gasteiger partial charge in [0.1, 0.15) is 5.75 Å². The Morgan fingerprint density at radius 2 is 2.00 bits per heavy atom. The van der Waals surface area contributed by atoms with Crippen LogP contribution in [-0.4, -0.2) is 25.5 Å². The van der Waals surface area contributed by atoms with Crippen LogP contribution in [0.3, 0.4) is 0 Å². The highest BCUT2D eigenvalue weighted by molar-refractivity contribution is 6.31. The van der Waals surface area contributed by atoms with E-state index in [1.807, 2.05) is 32.0 Å². The van der Waals surface area contributed by atoms with Gasteiger partial charge in [-0.2, -0.15) is 0 Å². The Morgan fingerprint density at radius 3 is 2.69 bits per heavy atom. The van der Waals surface area contributed by atoms with Gasteiger partial charge < -0.3 is 15.0 Å². The number of ether oxygens (including phenoxy) is 1. The topological polar surface area (TPSA) is 58.6 Å². The van der Waals surface area contributed by atoms with E-state index in [9.17, 15) is 9.59 Å². The second-order valence-corrected chi connectivity index (χ2v) is 6.97. The lowest BCUT2D eigenvalue weighted by Gasteiger charge is -2.19. The molecule has 1 heterocycles. The monoisotopic (exact) mass is 372 g/mol. The zero-order chi connectivity index (χ0) is 18.8. The first-order chi connectivity index (χ1) is 12.4. The molecular formula is C20H21ClN2O3. The van der Waals surface area contributed by atoms with Crippen molar-refractivity contribution in [2.75, 3.05) is 23.9 Å². The number of nitrogens with one attached hydrogen (secondary N) is 1. The van der Waals surface area contributed by atoms with Gasteiger partial charge in [0, 0.05) is 23.7 Å². The Balaban J connectivity index is 1.76. The molecule has 2 aromatic rings. The van der Waals surface area contributed by atoms with Crippen LogP contribution in [0.2, 0.25) is 5.02 Å². The van der Waals surface area contributed by atoms with Gasteiger partial charge in [0.25, 0.3) is 0 Å². The summed E-state index contributed by atoms with van der Waals surface area (Å²) in [6, 6.07) is 11.0. The van der Waals surface area contributed by atoms with Crippen molar-refractivity contribution in [3.05, 3.63) is 52.5 Å². The Kier molecular flexibility index (Phi) is 5.18. The van der Waals surface area contributed by atoms with Crippen molar-refractivity contribution in [2.45, 2.75) is 20.3 Å². The zero-order valence-electron chi connectivity index (χ0n) is 15.0. The van der Waals surface area contributed by atoms with E-state index < -0.39 is 5.92 Å². The fourth-order valence-corrected chi connectivity index (χ4v) is 3.41. The van der Waals surface area contributed by atoms with E-state index >= 15 is 0 Å². The standard InChI is InChI=1S/C20H21ClN2O3/c1-12-4-6-17(13(2)8-12)23-11-14(9-19(23)24)20(25)22-16-10-15(21)5-7-18(16)26-3/h4-8,10,14H,9,11H2,1-3H3,(H,22,25). The van der Waals surface area contributed by atoms with Crippen LogP contribution in [0.25, 0.3) is 0 Å². The number of nitrogens with zero attached hydrogens (tertiary/aromatic N) is 1. The van der Waals surface area contributed by atoms with Gasteiger partial charge in [-0.15, -0.1) is 0 Å². The quantitative estimate of drug-likeness (QED) is 0.883. The lowest BCUT2D eigenvalue weighted by atomic mass is 10.1. The Morgan fingerprint density at radius 1 is 1.23 bits per heavy atom. The van der Waals surface area contributed by atoms with Gasteiger partial charge >= 0.3 is 0 Å². The highest BCUT2D eigenvalue weighted by Gasteiger charge is 2.35. The lowest BCUT2D eigenvalue weighted by Crippen LogP contribution is -2.28. The molecule has 1 unspecified atom stereocenters. The van der Waals surface area contributed by atoms with E-state index in [1.165, 1.54) is 7.11 Å². The highest BCUT2D eigenvalue weighted by Crippen LogP contribution is 2.31. The molecule has 0 spiro atoms. The molecule has 0 aliphatic carbocycles. The number of carbonyl (C=O) groups is 2. The molecule has 5 nitrogen and oxygen atoms in total. The van der Waals surface area contributed by atoms with Crippen molar-refractivity contribution in [2.24, 2.45) is 5.92 Å². The fraction of sp³-hybridized carbons (Fsp3) is 0.300. The number of halogens is 1. The molecule has 3 rings (SSSR count). The first-order valence-electron chi connectivity index (χ1n) is 8.41. The minimum absolute atomic E-state index is 0.0461. The number of hydrogen-bond acceptors (Lipinski definition) is 3. The Hall–Kier alpha value is -2.53. The summed E-state index contributed by atoms with van der Waals surface area (Å²) in [5.41, 5.74) is 3.52. The summed E-state index contributed by atoms with van der Waals surface area (Å²) in [7, 11) is 1.53. The molecule has 1 aliphatic heterocycles. The molecule has 1 aliphatic rings. The van der Waals surface area contributed by atoms with Crippen molar-refractivity contribution in [3.8, 4) is 5.75 Å². The molecule has 0 bridgehead atoms. The van der Waals surface area contributed by atoms with E-state index in [0.717, 1.165) is 16.8 Å². The van der Waals surface area contributed by atoms with Gasteiger partial charge in [-0.05, 0) is 43.7 Å². The minimum atomic E-state index is -0.424. The van der Waals surface area contributed by atoms with E-state index in [-0.39, 0.29) is 18.2 Å². The van der Waals surface area contributed by atoms with Crippen molar-refractivity contribution in [3.63, 3.8) is 0 Å². The number of anilines is 2. The molecule has 1 N–H and O–H groups in total. The number of hydrogen-bond donors (Lipinski definition) is 1. The van der Waals surface area contributed by atoms with Crippen molar-refractivity contribution in [1.82, 2.24) is 0 Å². The summed E-state index contributed by atoms with van der Waals surface area (Å²) in [4.78, 5) is 26.8. The van der Waals surface area contributed by atoms with Crippen molar-refractivity contribution < 1.29 is 14.3 Å². The van der Waals surface area contributed by atoms with Crippen LogP contribution < -0.4 is 15.0 Å². The fourth-order valence-electron chi connectivity index (χ4n) is 3.24. The molecule has 2 amide bonds. The average Bonchev–Trinajstić information content (AvgIpc) is 2.97. The predicted molar refractivity (Wildman–Crippen MR) is 103 cm³/mol. The maximum Gasteiger partial charge on any atom is 0.229 e. The van der Waals surface area contributed by atoms with Crippen LogP contribution >= 0.6 is 11.6 Å². The largest absolute Gasteiger partial charge is 0.495 e. The molecule has 0 saturated carbocycles. The molecule has 136 valence electrons. The Labute approximate surface area is 157 Å². The second-order valence-electron chi connectivity index (χ2n) is 6.53. The number of methoxy groups -OCH3 is 1. The number of aryl methyl sites for hydroxylation is 2. The number of benzene rings is 2. The zero-order valence-corrected chi connectivity index (χ0v) is 15.8. The SMILES string of the molecule is COc1ccc(Cl)cc1NC(=O)C1CC(=O)N(c2ccc(C)cc2C)C1. The summed E-state index contributed by atoms with van der Waals surface area (Å²) in [6.45, 7) is 4.34. The molecule has 2 aromatic carbocycles. The minimum Gasteiger partial charge on any atom is -0.495 e. The number of carbonyl (C=O) groups excluding carboxylic acids is 2. The summed E-state index contributed by atoms with van der Waals surface area (Å²) in [5.74, 6) is -0.161. The smallest absolute Gasteiger partial charge is 0.229 e. The van der Waals surface area contributed by atoms with Crippen molar-refractivity contribution in [1.29, 1.82) is 0 Å². The summed E-state index contributed by atoms with van der Waals surface area (Å²) >= 11 is 6.00. The first kappa shape index (κ1) is 18.3. The first-order valence-corrected chi connectivity index (χ1v) is 8.79. The maximum absolute atomic E-state index is 12.7. The summed E-state index contributed by atoms with van der Waals surface area (Å²) in [6.07, 6.45) is 0.183. The molecule has 26 heavy (non-hydrogen) atoms. The van der Waals surface area contributed by atoms with E-state index in [4.69, 9.17) is 16.3 Å². The van der Waals surface area contributed by atoms with Gasteiger partial charge in [-0.25, -0.2) is 0 Å². The van der Waals surface area contributed by atoms with Crippen molar-refractivity contribution >= 4 is 34.8 Å². The second kappa shape index (κ2) is 7.38. The molecule has 6 heteroatoms. The van der Waals surface area contributed by atoms with Crippen LogP contribution in [0.15, 0.2) is 36.4 Å². The van der Waals surface area contributed by atoms with Crippen LogP contribution in [0.5, 0.6) is 5.75 Å². The third kappa shape index (κ3) is 3.68. The molecule has 1 saturated heterocycles. The molecule has 0 radical (unpaired) electrons. The van der Waals surface area contributed by atoms with Gasteiger partial charge in [0.15, 0.2) is 0 Å². The van der Waals surface area contributed by atoms with Crippen LogP contribution in [0.1, 0.15) is 17.5 Å². The predicted octanol–water partition coefficient (Wildman–Crippen LogP) is 3.96. The average molecular weight is 373 g/mol. The summed E-state index contributed by atoms with van der Waals surface area (Å²) < 4.78 is 5.25. The third-order valence-corrected chi connectivity index (χ3v) is 4.79. The van der Waals surface area contributed by atoms with Crippen LogP contribution in [-0.2, 0) is 9.59 Å². The number of amides is 2. The van der Waals surface area contributed by atoms with E-state index in [2.05, 4.69) is 5.32 Å². The molecular weight excluding hydrogens is 352 g/mol. The normalized spacial score (nSPS) is 16.7. The highest BCUT2D eigenvalue weighted by atomic mass is 35.5. The summed E-state index contributed by atoms with van der Waals surface area (Å²) in [5, 5.41) is 3.33. The van der Waals surface area contributed by atoms with Gasteiger partial charge in [0.05, 0.1) is 18.7 Å². The molecule has 1 atom stereocenters. The van der Waals surface area contributed by atoms with Gasteiger partial charge in [0.2, 0.25) is 11.8 Å². The molecule has 0 aromatic heterocycles. The van der Waals surface area contributed by atoms with Crippen LogP contribution in [0.4, 0.5) is 11.4 Å². The molecule has 1 fully saturated rings. The Bertz CT molecular complexity index is 866. The third-order valence-electron chi connectivity index (χ3n) is 4.56. The van der Waals surface area contributed by atoms with Gasteiger partial charge in [-0.1, -0.05) is 29.3 Å². The number of rotatable bonds is 4. The van der Waals surface area contributed by atoms with Gasteiger partial charge in [-0.3, -0.25) is 9.59 Å².